The van der Waals surface area contributed by atoms with Crippen molar-refractivity contribution in [1.82, 2.24) is 4.98 Å². The van der Waals surface area contributed by atoms with Gasteiger partial charge in [0.2, 0.25) is 11.0 Å². The number of anilines is 1. The van der Waals surface area contributed by atoms with Crippen molar-refractivity contribution < 1.29 is 14.3 Å². The van der Waals surface area contributed by atoms with E-state index >= 15 is 0 Å². The zero-order valence-corrected chi connectivity index (χ0v) is 14.9. The lowest BCUT2D eigenvalue weighted by molar-refractivity contribution is -0.114. The molecule has 2 aromatic heterocycles. The molecule has 0 spiro atoms. The van der Waals surface area contributed by atoms with Crippen molar-refractivity contribution in [2.45, 2.75) is 6.92 Å². The Bertz CT molecular complexity index is 1270. The number of aromatic hydroxyl groups is 1. The molecule has 0 unspecified atom stereocenters. The molecule has 0 atom stereocenters. The molecule has 7 nitrogen and oxygen atoms in total. The van der Waals surface area contributed by atoms with E-state index in [4.69, 9.17) is 4.42 Å². The molecule has 0 aliphatic rings. The number of para-hydroxylation sites is 1. The van der Waals surface area contributed by atoms with Gasteiger partial charge in [-0.1, -0.05) is 23.5 Å². The number of carbonyl (C=O) groups excluding carboxylic acids is 1. The van der Waals surface area contributed by atoms with Crippen molar-refractivity contribution in [1.29, 1.82) is 0 Å². The monoisotopic (exact) mass is 379 g/mol. The minimum atomic E-state index is -0.677. The molecule has 2 aromatic carbocycles. The third kappa shape index (κ3) is 3.30. The molecule has 0 aliphatic carbocycles. The number of rotatable bonds is 3. The Morgan fingerprint density at radius 3 is 2.93 bits per heavy atom. The summed E-state index contributed by atoms with van der Waals surface area (Å²) >= 11 is 1.30. The molecule has 1 amide bonds. The molecular weight excluding hydrogens is 366 g/mol. The molecule has 2 N–H and O–H groups in total. The first-order valence-corrected chi connectivity index (χ1v) is 8.80. The Hall–Kier alpha value is -3.52. The number of hydrogen-bond donors (Lipinski definition) is 2. The van der Waals surface area contributed by atoms with Crippen LogP contribution in [0.2, 0.25) is 0 Å². The Balaban J connectivity index is 1.71. The van der Waals surface area contributed by atoms with Gasteiger partial charge < -0.3 is 14.8 Å². The predicted octanol–water partition coefficient (Wildman–Crippen LogP) is 3.82. The van der Waals surface area contributed by atoms with Crippen LogP contribution in [-0.4, -0.2) is 22.2 Å². The molecule has 2 heterocycles. The lowest BCUT2D eigenvalue weighted by Gasteiger charge is -2.01. The lowest BCUT2D eigenvalue weighted by atomic mass is 10.1. The summed E-state index contributed by atoms with van der Waals surface area (Å²) in [6.45, 7) is 1.44. The summed E-state index contributed by atoms with van der Waals surface area (Å²) in [5, 5.41) is 13.9. The summed E-state index contributed by atoms with van der Waals surface area (Å²) in [6.07, 6.45) is 1.25. The van der Waals surface area contributed by atoms with Crippen molar-refractivity contribution in [2.24, 2.45) is 4.99 Å². The second-order valence-electron chi connectivity index (χ2n) is 5.77. The molecule has 8 heteroatoms. The van der Waals surface area contributed by atoms with Gasteiger partial charge in [0.15, 0.2) is 0 Å². The van der Waals surface area contributed by atoms with E-state index in [1.165, 1.54) is 24.5 Å². The summed E-state index contributed by atoms with van der Waals surface area (Å²) in [7, 11) is 0. The van der Waals surface area contributed by atoms with E-state index in [-0.39, 0.29) is 17.2 Å². The van der Waals surface area contributed by atoms with Gasteiger partial charge >= 0.3 is 5.63 Å². The van der Waals surface area contributed by atoms with Crippen LogP contribution in [0.3, 0.4) is 0 Å². The summed E-state index contributed by atoms with van der Waals surface area (Å²) in [6, 6.07) is 12.1. The number of nitrogens with zero attached hydrogens (tertiary/aromatic N) is 2. The third-order valence-electron chi connectivity index (χ3n) is 3.82. The van der Waals surface area contributed by atoms with Gasteiger partial charge in [-0.05, 0) is 30.3 Å². The molecule has 0 fully saturated rings. The quantitative estimate of drug-likeness (QED) is 0.416. The molecule has 0 radical (unpaired) electrons. The summed E-state index contributed by atoms with van der Waals surface area (Å²) < 4.78 is 6.05. The van der Waals surface area contributed by atoms with Gasteiger partial charge in [-0.2, -0.15) is 0 Å². The minimum Gasteiger partial charge on any atom is -0.506 e. The summed E-state index contributed by atoms with van der Waals surface area (Å²) in [5.41, 5.74) is 0.983. The van der Waals surface area contributed by atoms with E-state index in [0.717, 1.165) is 10.2 Å². The highest BCUT2D eigenvalue weighted by atomic mass is 32.1. The fourth-order valence-corrected chi connectivity index (χ4v) is 3.48. The first kappa shape index (κ1) is 16.9. The predicted molar refractivity (Wildman–Crippen MR) is 105 cm³/mol. The van der Waals surface area contributed by atoms with Gasteiger partial charge in [0, 0.05) is 18.8 Å². The van der Waals surface area contributed by atoms with Gasteiger partial charge in [0.05, 0.1) is 15.6 Å². The number of thiazole rings is 1. The van der Waals surface area contributed by atoms with Crippen molar-refractivity contribution >= 4 is 55.5 Å². The second kappa shape index (κ2) is 6.65. The highest BCUT2D eigenvalue weighted by Crippen LogP contribution is 2.31. The molecular formula is C19H13N3O4S. The number of amides is 1. The molecule has 0 bridgehead atoms. The smallest absolute Gasteiger partial charge is 0.348 e. The molecule has 4 aromatic rings. The zero-order chi connectivity index (χ0) is 19.0. The lowest BCUT2D eigenvalue weighted by Crippen LogP contribution is -2.06. The molecule has 0 aliphatic heterocycles. The Kier molecular flexibility index (Phi) is 4.17. The number of aliphatic imine (C=N–C) groups is 1. The largest absolute Gasteiger partial charge is 0.506 e. The van der Waals surface area contributed by atoms with Gasteiger partial charge in [-0.25, -0.2) is 14.8 Å². The van der Waals surface area contributed by atoms with Crippen LogP contribution in [0, 0.1) is 0 Å². The van der Waals surface area contributed by atoms with Crippen LogP contribution in [0.4, 0.5) is 10.8 Å². The minimum absolute atomic E-state index is 0.0353. The molecule has 0 saturated carbocycles. The average Bonchev–Trinajstić information content (AvgIpc) is 3.03. The van der Waals surface area contributed by atoms with Crippen molar-refractivity contribution in [3.8, 4) is 5.75 Å². The van der Waals surface area contributed by atoms with Crippen LogP contribution < -0.4 is 10.9 Å². The maximum Gasteiger partial charge on any atom is 0.348 e. The fourth-order valence-electron chi connectivity index (χ4n) is 2.63. The highest BCUT2D eigenvalue weighted by Gasteiger charge is 2.12. The van der Waals surface area contributed by atoms with Crippen LogP contribution in [-0.2, 0) is 4.79 Å². The number of aromatic nitrogens is 1. The SMILES string of the molecule is CC(=O)Nc1ccc2nc(/N=C/c3c(O)c4ccccc4oc3=O)sc2c1. The van der Waals surface area contributed by atoms with Crippen LogP contribution in [0.25, 0.3) is 21.2 Å². The van der Waals surface area contributed by atoms with E-state index in [1.807, 2.05) is 0 Å². The van der Waals surface area contributed by atoms with Gasteiger partial charge in [0.25, 0.3) is 0 Å². The van der Waals surface area contributed by atoms with Crippen molar-refractivity contribution in [2.75, 3.05) is 5.32 Å². The summed E-state index contributed by atoms with van der Waals surface area (Å²) in [5.74, 6) is -0.338. The normalized spacial score (nSPS) is 11.4. The third-order valence-corrected chi connectivity index (χ3v) is 4.75. The molecule has 27 heavy (non-hydrogen) atoms. The standard InChI is InChI=1S/C19H13N3O4S/c1-10(23)21-11-6-7-14-16(8-11)27-19(22-14)20-9-13-17(24)12-4-2-3-5-15(12)26-18(13)25/h2-9,24H,1H3,(H,21,23)/b20-9+. The van der Waals surface area contributed by atoms with Crippen LogP contribution >= 0.6 is 11.3 Å². The maximum atomic E-state index is 12.1. The van der Waals surface area contributed by atoms with Gasteiger partial charge in [-0.3, -0.25) is 4.79 Å². The van der Waals surface area contributed by atoms with E-state index in [9.17, 15) is 14.7 Å². The Morgan fingerprint density at radius 1 is 1.30 bits per heavy atom. The fraction of sp³-hybridized carbons (Fsp3) is 0.0526. The first-order valence-electron chi connectivity index (χ1n) is 7.98. The average molecular weight is 379 g/mol. The van der Waals surface area contributed by atoms with Crippen LogP contribution in [0.15, 0.2) is 56.7 Å². The number of nitrogens with one attached hydrogen (secondary N) is 1. The number of hydrogen-bond acceptors (Lipinski definition) is 7. The zero-order valence-electron chi connectivity index (χ0n) is 14.1. The van der Waals surface area contributed by atoms with Crippen molar-refractivity contribution in [3.05, 3.63) is 58.4 Å². The molecule has 4 rings (SSSR count). The highest BCUT2D eigenvalue weighted by molar-refractivity contribution is 7.22. The Morgan fingerprint density at radius 2 is 2.11 bits per heavy atom. The van der Waals surface area contributed by atoms with Crippen LogP contribution in [0.1, 0.15) is 12.5 Å². The van der Waals surface area contributed by atoms with E-state index < -0.39 is 5.63 Å². The molecule has 134 valence electrons. The van der Waals surface area contributed by atoms with E-state index in [1.54, 1.807) is 42.5 Å². The topological polar surface area (TPSA) is 105 Å². The van der Waals surface area contributed by atoms with Gasteiger partial charge in [-0.15, -0.1) is 0 Å². The maximum absolute atomic E-state index is 12.1. The Labute approximate surface area is 156 Å². The van der Waals surface area contributed by atoms with E-state index in [0.29, 0.717) is 21.8 Å². The second-order valence-corrected chi connectivity index (χ2v) is 6.78. The number of fused-ring (bicyclic) bond motifs is 2. The van der Waals surface area contributed by atoms with E-state index in [2.05, 4.69) is 15.3 Å². The van der Waals surface area contributed by atoms with Crippen LogP contribution in [0.5, 0.6) is 5.75 Å². The molecule has 0 saturated heterocycles. The number of carbonyl (C=O) groups is 1. The van der Waals surface area contributed by atoms with Gasteiger partial charge in [0.1, 0.15) is 16.9 Å². The first-order chi connectivity index (χ1) is 13.0. The van der Waals surface area contributed by atoms with Crippen molar-refractivity contribution in [3.63, 3.8) is 0 Å². The number of benzene rings is 2. The summed E-state index contributed by atoms with van der Waals surface area (Å²) in [4.78, 5) is 31.9.